The molecule has 0 saturated carbocycles. The van der Waals surface area contributed by atoms with Gasteiger partial charge in [-0.25, -0.2) is 4.79 Å². The lowest BCUT2D eigenvalue weighted by Crippen LogP contribution is -2.05. The highest BCUT2D eigenvalue weighted by Crippen LogP contribution is 2.26. The molecule has 7 heteroatoms. The Morgan fingerprint density at radius 1 is 1.00 bits per heavy atom. The standard InChI is InChI=1S/C23H18Cl2N2O3/c1-29-23(28)16-4-8-21-17(10-16)12-26-27(21)13-18-11-20(25)7-9-22(18)30-14-15-2-5-19(24)6-3-15/h2-12H,13-14H2,1H3. The van der Waals surface area contributed by atoms with Gasteiger partial charge < -0.3 is 9.47 Å². The Hall–Kier alpha value is -3.02. The highest BCUT2D eigenvalue weighted by atomic mass is 35.5. The molecule has 0 bridgehead atoms. The van der Waals surface area contributed by atoms with Crippen LogP contribution in [0.2, 0.25) is 10.0 Å². The molecule has 0 fully saturated rings. The van der Waals surface area contributed by atoms with Crippen LogP contribution in [0.15, 0.2) is 66.9 Å². The Morgan fingerprint density at radius 3 is 2.53 bits per heavy atom. The second-order valence-corrected chi connectivity index (χ2v) is 7.61. The van der Waals surface area contributed by atoms with Gasteiger partial charge in [-0.2, -0.15) is 5.10 Å². The van der Waals surface area contributed by atoms with Crippen LogP contribution in [0.1, 0.15) is 21.5 Å². The van der Waals surface area contributed by atoms with E-state index < -0.39 is 0 Å². The van der Waals surface area contributed by atoms with E-state index in [-0.39, 0.29) is 5.97 Å². The van der Waals surface area contributed by atoms with Crippen LogP contribution >= 0.6 is 23.2 Å². The Morgan fingerprint density at radius 2 is 1.77 bits per heavy atom. The summed E-state index contributed by atoms with van der Waals surface area (Å²) in [6, 6.07) is 18.4. The average Bonchev–Trinajstić information content (AvgIpc) is 3.15. The maximum absolute atomic E-state index is 11.8. The molecule has 1 heterocycles. The number of methoxy groups -OCH3 is 1. The van der Waals surface area contributed by atoms with Crippen molar-refractivity contribution in [1.29, 1.82) is 0 Å². The van der Waals surface area contributed by atoms with Gasteiger partial charge in [-0.1, -0.05) is 35.3 Å². The number of fused-ring (bicyclic) bond motifs is 1. The Balaban J connectivity index is 1.59. The number of ether oxygens (including phenoxy) is 2. The second kappa shape index (κ2) is 8.78. The van der Waals surface area contributed by atoms with Crippen LogP contribution < -0.4 is 4.74 Å². The monoisotopic (exact) mass is 440 g/mol. The molecule has 0 aliphatic carbocycles. The number of halogens is 2. The number of hydrogen-bond acceptors (Lipinski definition) is 4. The molecule has 4 aromatic rings. The van der Waals surface area contributed by atoms with Crippen molar-refractivity contribution in [3.63, 3.8) is 0 Å². The third-order valence-electron chi connectivity index (χ3n) is 4.71. The zero-order valence-corrected chi connectivity index (χ0v) is 17.7. The first-order valence-electron chi connectivity index (χ1n) is 9.23. The van der Waals surface area contributed by atoms with E-state index in [4.69, 9.17) is 32.7 Å². The fourth-order valence-corrected chi connectivity index (χ4v) is 3.49. The summed E-state index contributed by atoms with van der Waals surface area (Å²) in [6.07, 6.45) is 1.72. The summed E-state index contributed by atoms with van der Waals surface area (Å²) < 4.78 is 12.7. The first-order valence-corrected chi connectivity index (χ1v) is 9.98. The lowest BCUT2D eigenvalue weighted by Gasteiger charge is -2.13. The molecule has 0 saturated heterocycles. The fraction of sp³-hybridized carbons (Fsp3) is 0.130. The van der Waals surface area contributed by atoms with Crippen molar-refractivity contribution in [2.45, 2.75) is 13.2 Å². The summed E-state index contributed by atoms with van der Waals surface area (Å²) >= 11 is 12.2. The molecule has 5 nitrogen and oxygen atoms in total. The van der Waals surface area contributed by atoms with Gasteiger partial charge in [0.25, 0.3) is 0 Å². The first-order chi connectivity index (χ1) is 14.5. The van der Waals surface area contributed by atoms with Gasteiger partial charge in [0.2, 0.25) is 0 Å². The molecule has 0 unspecified atom stereocenters. The zero-order valence-electron chi connectivity index (χ0n) is 16.1. The first kappa shape index (κ1) is 20.3. The molecule has 30 heavy (non-hydrogen) atoms. The Bertz CT molecular complexity index is 1200. The van der Waals surface area contributed by atoms with Crippen LogP contribution in [0, 0.1) is 0 Å². The minimum Gasteiger partial charge on any atom is -0.489 e. The molecule has 0 radical (unpaired) electrons. The van der Waals surface area contributed by atoms with Gasteiger partial charge in [-0.15, -0.1) is 0 Å². The van der Waals surface area contributed by atoms with E-state index >= 15 is 0 Å². The van der Waals surface area contributed by atoms with Gasteiger partial charge >= 0.3 is 5.97 Å². The van der Waals surface area contributed by atoms with Gasteiger partial charge in [0.05, 0.1) is 30.9 Å². The maximum atomic E-state index is 11.8. The third-order valence-corrected chi connectivity index (χ3v) is 5.20. The van der Waals surface area contributed by atoms with Crippen LogP contribution in [-0.4, -0.2) is 22.9 Å². The fourth-order valence-electron chi connectivity index (χ4n) is 3.17. The van der Waals surface area contributed by atoms with Crippen LogP contribution in [0.4, 0.5) is 0 Å². The van der Waals surface area contributed by atoms with E-state index in [0.29, 0.717) is 28.8 Å². The number of carbonyl (C=O) groups excluding carboxylic acids is 1. The van der Waals surface area contributed by atoms with Crippen molar-refractivity contribution in [3.05, 3.63) is 93.6 Å². The number of esters is 1. The number of aromatic nitrogens is 2. The lowest BCUT2D eigenvalue weighted by molar-refractivity contribution is 0.0601. The van der Waals surface area contributed by atoms with Gasteiger partial charge in [0, 0.05) is 21.0 Å². The van der Waals surface area contributed by atoms with Crippen molar-refractivity contribution < 1.29 is 14.3 Å². The van der Waals surface area contributed by atoms with Crippen molar-refractivity contribution in [2.75, 3.05) is 7.11 Å². The molecule has 152 valence electrons. The molecule has 0 aliphatic heterocycles. The second-order valence-electron chi connectivity index (χ2n) is 6.73. The van der Waals surface area contributed by atoms with Crippen LogP contribution in [-0.2, 0) is 17.9 Å². The van der Waals surface area contributed by atoms with E-state index in [1.807, 2.05) is 47.1 Å². The molecule has 0 aliphatic rings. The largest absolute Gasteiger partial charge is 0.489 e. The summed E-state index contributed by atoms with van der Waals surface area (Å²) in [7, 11) is 1.36. The van der Waals surface area contributed by atoms with E-state index in [1.165, 1.54) is 7.11 Å². The van der Waals surface area contributed by atoms with E-state index in [1.54, 1.807) is 24.4 Å². The number of hydrogen-bond donors (Lipinski definition) is 0. The highest BCUT2D eigenvalue weighted by molar-refractivity contribution is 6.30. The van der Waals surface area contributed by atoms with Crippen molar-refractivity contribution in [3.8, 4) is 5.75 Å². The van der Waals surface area contributed by atoms with E-state index in [2.05, 4.69) is 5.10 Å². The van der Waals surface area contributed by atoms with Gasteiger partial charge in [-0.3, -0.25) is 4.68 Å². The maximum Gasteiger partial charge on any atom is 0.337 e. The Labute approximate surface area is 183 Å². The number of rotatable bonds is 6. The number of benzene rings is 3. The molecule has 1 aromatic heterocycles. The predicted molar refractivity (Wildman–Crippen MR) is 117 cm³/mol. The zero-order chi connectivity index (χ0) is 21.1. The van der Waals surface area contributed by atoms with E-state index in [0.717, 1.165) is 27.8 Å². The molecule has 0 spiro atoms. The molecule has 0 N–H and O–H groups in total. The molecular weight excluding hydrogens is 423 g/mol. The summed E-state index contributed by atoms with van der Waals surface area (Å²) in [5.74, 6) is 0.349. The van der Waals surface area contributed by atoms with Crippen molar-refractivity contribution >= 4 is 40.1 Å². The Kier molecular flexibility index (Phi) is 5.93. The summed E-state index contributed by atoms with van der Waals surface area (Å²) in [5.41, 5.74) is 3.30. The summed E-state index contributed by atoms with van der Waals surface area (Å²) in [6.45, 7) is 0.881. The highest BCUT2D eigenvalue weighted by Gasteiger charge is 2.12. The lowest BCUT2D eigenvalue weighted by atomic mass is 10.1. The SMILES string of the molecule is COC(=O)c1ccc2c(cnn2Cc2cc(Cl)ccc2OCc2ccc(Cl)cc2)c1. The summed E-state index contributed by atoms with van der Waals surface area (Å²) in [5, 5.41) is 6.62. The predicted octanol–water partition coefficient (Wildman–Crippen LogP) is 5.76. The molecular formula is C23H18Cl2N2O3. The topological polar surface area (TPSA) is 53.3 Å². The molecule has 0 amide bonds. The van der Waals surface area contributed by atoms with E-state index in [9.17, 15) is 4.79 Å². The number of nitrogens with zero attached hydrogens (tertiary/aromatic N) is 2. The average molecular weight is 441 g/mol. The smallest absolute Gasteiger partial charge is 0.337 e. The van der Waals surface area contributed by atoms with Gasteiger partial charge in [0.1, 0.15) is 12.4 Å². The van der Waals surface area contributed by atoms with Crippen molar-refractivity contribution in [1.82, 2.24) is 9.78 Å². The summed E-state index contributed by atoms with van der Waals surface area (Å²) in [4.78, 5) is 11.8. The minimum absolute atomic E-state index is 0.377. The third kappa shape index (κ3) is 4.42. The van der Waals surface area contributed by atoms with Crippen LogP contribution in [0.3, 0.4) is 0 Å². The normalized spacial score (nSPS) is 10.9. The van der Waals surface area contributed by atoms with Crippen molar-refractivity contribution in [2.24, 2.45) is 0 Å². The quantitative estimate of drug-likeness (QED) is 0.357. The van der Waals surface area contributed by atoms with Gasteiger partial charge in [0.15, 0.2) is 0 Å². The minimum atomic E-state index is -0.377. The van der Waals surface area contributed by atoms with Gasteiger partial charge in [-0.05, 0) is 54.1 Å². The number of carbonyl (C=O) groups is 1. The molecule has 3 aromatic carbocycles. The molecule has 4 rings (SSSR count). The van der Waals surface area contributed by atoms with Crippen LogP contribution in [0.5, 0.6) is 5.75 Å². The molecule has 0 atom stereocenters. The van der Waals surface area contributed by atoms with Crippen LogP contribution in [0.25, 0.3) is 10.9 Å².